The third-order valence-corrected chi connectivity index (χ3v) is 5.94. The number of β-amino-alcohol motifs (C(OH)–C–C–N with tert-alkyl or cyclic N) is 1. The first-order valence-corrected chi connectivity index (χ1v) is 10.1. The Kier molecular flexibility index (Phi) is 6.91. The third-order valence-electron chi connectivity index (χ3n) is 5.94. The van der Waals surface area contributed by atoms with E-state index in [-0.39, 0.29) is 25.0 Å². The predicted molar refractivity (Wildman–Crippen MR) is 106 cm³/mol. The van der Waals surface area contributed by atoms with Crippen LogP contribution in [0, 0.1) is 0 Å². The summed E-state index contributed by atoms with van der Waals surface area (Å²) in [5.74, 6) is 0.849. The summed E-state index contributed by atoms with van der Waals surface area (Å²) in [5.41, 5.74) is 0.498. The Morgan fingerprint density at radius 3 is 2.75 bits per heavy atom. The van der Waals surface area contributed by atoms with Crippen LogP contribution in [0.15, 0.2) is 24.3 Å². The second-order valence-corrected chi connectivity index (χ2v) is 7.59. The molecule has 1 spiro atoms. The topological polar surface area (TPSA) is 82.1 Å². The van der Waals surface area contributed by atoms with E-state index in [0.29, 0.717) is 26.1 Å². The summed E-state index contributed by atoms with van der Waals surface area (Å²) in [6.45, 7) is 2.58. The van der Waals surface area contributed by atoms with E-state index in [2.05, 4.69) is 10.2 Å². The summed E-state index contributed by atoms with van der Waals surface area (Å²) in [6.07, 6.45) is 4.12. The molecule has 7 nitrogen and oxygen atoms in total. The molecule has 1 atom stereocenters. The zero-order chi connectivity index (χ0) is 20.0. The van der Waals surface area contributed by atoms with Crippen molar-refractivity contribution in [3.63, 3.8) is 0 Å². The Bertz CT molecular complexity index is 694. The number of hydrogen-bond donors (Lipinski definition) is 2. The smallest absolute Gasteiger partial charge is 0.243 e. The van der Waals surface area contributed by atoms with Crippen LogP contribution in [0.1, 0.15) is 31.2 Å². The Hall–Kier alpha value is -2.12. The fourth-order valence-corrected chi connectivity index (χ4v) is 4.56. The third kappa shape index (κ3) is 4.31. The van der Waals surface area contributed by atoms with Crippen LogP contribution in [0.3, 0.4) is 0 Å². The number of rotatable bonds is 8. The fourth-order valence-electron chi connectivity index (χ4n) is 4.56. The number of likely N-dealkylation sites (tertiary alicyclic amines) is 2. The number of nitrogens with zero attached hydrogens (tertiary/aromatic N) is 2. The monoisotopic (exact) mass is 389 g/mol. The van der Waals surface area contributed by atoms with Gasteiger partial charge in [-0.25, -0.2) is 0 Å². The number of amides is 2. The molecule has 0 aromatic heterocycles. The first kappa shape index (κ1) is 20.6. The lowest BCUT2D eigenvalue weighted by Crippen LogP contribution is -2.61. The first-order valence-electron chi connectivity index (χ1n) is 10.1. The number of methoxy groups -OCH3 is 1. The highest BCUT2D eigenvalue weighted by Gasteiger charge is 2.50. The molecule has 1 aromatic rings. The van der Waals surface area contributed by atoms with Gasteiger partial charge in [-0.15, -0.1) is 0 Å². The zero-order valence-corrected chi connectivity index (χ0v) is 16.7. The lowest BCUT2D eigenvalue weighted by atomic mass is 9.85. The highest BCUT2D eigenvalue weighted by atomic mass is 16.5. The van der Waals surface area contributed by atoms with E-state index in [9.17, 15) is 14.7 Å². The van der Waals surface area contributed by atoms with Gasteiger partial charge in [0.15, 0.2) is 0 Å². The van der Waals surface area contributed by atoms with Crippen LogP contribution < -0.4 is 10.1 Å². The van der Waals surface area contributed by atoms with Crippen molar-refractivity contribution >= 4 is 11.8 Å². The minimum atomic E-state index is -0.562. The minimum absolute atomic E-state index is 0.0226. The van der Waals surface area contributed by atoms with Crippen molar-refractivity contribution in [3.8, 4) is 5.75 Å². The van der Waals surface area contributed by atoms with Crippen molar-refractivity contribution in [2.24, 2.45) is 0 Å². The van der Waals surface area contributed by atoms with Crippen LogP contribution in [-0.4, -0.2) is 78.7 Å². The number of hydrogen-bond acceptors (Lipinski definition) is 5. The van der Waals surface area contributed by atoms with Crippen molar-refractivity contribution in [2.45, 2.75) is 37.6 Å². The molecule has 2 amide bonds. The van der Waals surface area contributed by atoms with Gasteiger partial charge in [0, 0.05) is 19.6 Å². The van der Waals surface area contributed by atoms with E-state index in [1.54, 1.807) is 12.0 Å². The summed E-state index contributed by atoms with van der Waals surface area (Å²) in [4.78, 5) is 29.4. The van der Waals surface area contributed by atoms with Crippen LogP contribution in [0.4, 0.5) is 0 Å². The lowest BCUT2D eigenvalue weighted by molar-refractivity contribution is -0.148. The van der Waals surface area contributed by atoms with Crippen molar-refractivity contribution in [3.05, 3.63) is 29.8 Å². The zero-order valence-electron chi connectivity index (χ0n) is 16.7. The maximum absolute atomic E-state index is 13.0. The van der Waals surface area contributed by atoms with E-state index < -0.39 is 5.54 Å². The molecular weight excluding hydrogens is 358 g/mol. The molecule has 154 valence electrons. The number of para-hydroxylation sites is 1. The molecule has 28 heavy (non-hydrogen) atoms. The standard InChI is InChI=1S/C21H31N3O4/c1-28-18-7-3-2-6-17(18)8-11-22-19(26)16-24-13-5-10-21(24)9-4-12-23(14-15-25)20(21)27/h2-3,6-7,25H,4-5,8-16H2,1H3,(H,22,26). The maximum Gasteiger partial charge on any atom is 0.243 e. The second kappa shape index (κ2) is 9.39. The summed E-state index contributed by atoms with van der Waals surface area (Å²) in [7, 11) is 1.64. The number of carbonyl (C=O) groups excluding carboxylic acids is 2. The van der Waals surface area contributed by atoms with Gasteiger partial charge in [-0.2, -0.15) is 0 Å². The van der Waals surface area contributed by atoms with E-state index >= 15 is 0 Å². The van der Waals surface area contributed by atoms with Crippen LogP contribution in [0.5, 0.6) is 5.75 Å². The Morgan fingerprint density at radius 2 is 2.00 bits per heavy atom. The van der Waals surface area contributed by atoms with Crippen molar-refractivity contribution in [1.82, 2.24) is 15.1 Å². The molecule has 7 heteroatoms. The molecule has 2 aliphatic heterocycles. The van der Waals surface area contributed by atoms with Gasteiger partial charge in [-0.1, -0.05) is 18.2 Å². The average Bonchev–Trinajstić information content (AvgIpc) is 3.09. The molecule has 1 aromatic carbocycles. The van der Waals surface area contributed by atoms with E-state index in [1.807, 2.05) is 24.3 Å². The average molecular weight is 389 g/mol. The van der Waals surface area contributed by atoms with Crippen LogP contribution in [-0.2, 0) is 16.0 Å². The van der Waals surface area contributed by atoms with Gasteiger partial charge in [0.25, 0.3) is 0 Å². The molecule has 2 aliphatic rings. The van der Waals surface area contributed by atoms with Crippen LogP contribution >= 0.6 is 0 Å². The van der Waals surface area contributed by atoms with Gasteiger partial charge < -0.3 is 20.1 Å². The first-order chi connectivity index (χ1) is 13.6. The highest BCUT2D eigenvalue weighted by Crippen LogP contribution is 2.37. The number of piperidine rings is 1. The molecule has 0 aliphatic carbocycles. The Balaban J connectivity index is 1.55. The number of ether oxygens (including phenoxy) is 1. The molecular formula is C21H31N3O4. The molecule has 0 radical (unpaired) electrons. The van der Waals surface area contributed by atoms with Gasteiger partial charge in [0.2, 0.25) is 11.8 Å². The van der Waals surface area contributed by atoms with Gasteiger partial charge in [0.1, 0.15) is 11.3 Å². The predicted octanol–water partition coefficient (Wildman–Crippen LogP) is 0.803. The summed E-state index contributed by atoms with van der Waals surface area (Å²) < 4.78 is 5.35. The maximum atomic E-state index is 13.0. The molecule has 3 rings (SSSR count). The van der Waals surface area contributed by atoms with Crippen molar-refractivity contribution in [2.75, 3.05) is 46.4 Å². The fraction of sp³-hybridized carbons (Fsp3) is 0.619. The van der Waals surface area contributed by atoms with Gasteiger partial charge in [-0.3, -0.25) is 14.5 Å². The van der Waals surface area contributed by atoms with Gasteiger partial charge in [-0.05, 0) is 50.3 Å². The molecule has 2 saturated heterocycles. The molecule has 2 N–H and O–H groups in total. The second-order valence-electron chi connectivity index (χ2n) is 7.59. The number of aliphatic hydroxyl groups is 1. The molecule has 0 saturated carbocycles. The highest BCUT2D eigenvalue weighted by molar-refractivity contribution is 5.88. The number of benzene rings is 1. The van der Waals surface area contributed by atoms with E-state index in [4.69, 9.17) is 4.74 Å². The summed E-state index contributed by atoms with van der Waals surface area (Å²) in [5, 5.41) is 12.2. The normalized spacial score (nSPS) is 22.6. The van der Waals surface area contributed by atoms with Crippen molar-refractivity contribution < 1.29 is 19.4 Å². The number of aliphatic hydroxyl groups excluding tert-OH is 1. The molecule has 2 heterocycles. The van der Waals surface area contributed by atoms with Crippen molar-refractivity contribution in [1.29, 1.82) is 0 Å². The lowest BCUT2D eigenvalue weighted by Gasteiger charge is -2.44. The SMILES string of the molecule is COc1ccccc1CCNC(=O)CN1CCCC12CCCN(CCO)C2=O. The number of carbonyl (C=O) groups is 2. The largest absolute Gasteiger partial charge is 0.496 e. The molecule has 2 fully saturated rings. The molecule has 1 unspecified atom stereocenters. The van der Waals surface area contributed by atoms with E-state index in [0.717, 1.165) is 43.5 Å². The molecule has 0 bridgehead atoms. The van der Waals surface area contributed by atoms with Gasteiger partial charge in [0.05, 0.1) is 20.3 Å². The Labute approximate surface area is 166 Å². The number of nitrogens with one attached hydrogen (secondary N) is 1. The van der Waals surface area contributed by atoms with Gasteiger partial charge >= 0.3 is 0 Å². The minimum Gasteiger partial charge on any atom is -0.496 e. The summed E-state index contributed by atoms with van der Waals surface area (Å²) >= 11 is 0. The van der Waals surface area contributed by atoms with E-state index in [1.165, 1.54) is 0 Å². The summed E-state index contributed by atoms with van der Waals surface area (Å²) in [6, 6.07) is 7.80. The van der Waals surface area contributed by atoms with Crippen LogP contribution in [0.25, 0.3) is 0 Å². The van der Waals surface area contributed by atoms with Crippen LogP contribution in [0.2, 0.25) is 0 Å². The quantitative estimate of drug-likeness (QED) is 0.687. The Morgan fingerprint density at radius 1 is 1.25 bits per heavy atom.